The predicted molar refractivity (Wildman–Crippen MR) is 134 cm³/mol. The molecule has 0 aliphatic carbocycles. The van der Waals surface area contributed by atoms with E-state index in [1.54, 1.807) is 48.2 Å². The molecule has 0 aromatic heterocycles. The van der Waals surface area contributed by atoms with Crippen molar-refractivity contribution >= 4 is 33.3 Å². The number of aliphatic hydroxyl groups excluding tert-OH is 1. The SMILES string of the molecule is C[C@@H]1CN([C@H](C)CO)C(=O)c2cc(NC(=O)Nc3ccccc3)ccc2O[C@@H]1CN(C)S(C)(=O)=O. The standard InChI is InChI=1S/C24H32N4O6S/c1-16-13-28(17(2)15-29)23(30)20-12-19(26-24(31)25-18-8-6-5-7-9-18)10-11-21(20)34-22(16)14-27(3)35(4,32)33/h5-12,16-17,22,29H,13-15H2,1-4H3,(H2,25,26,31)/t16-,17-,22-/m1/s1. The van der Waals surface area contributed by atoms with E-state index >= 15 is 0 Å². The molecule has 2 aromatic carbocycles. The van der Waals surface area contributed by atoms with E-state index in [0.717, 1.165) is 6.26 Å². The van der Waals surface area contributed by atoms with Crippen molar-refractivity contribution in [3.8, 4) is 5.75 Å². The summed E-state index contributed by atoms with van der Waals surface area (Å²) in [5.74, 6) is -0.298. The van der Waals surface area contributed by atoms with E-state index < -0.39 is 28.2 Å². The van der Waals surface area contributed by atoms with E-state index in [0.29, 0.717) is 11.4 Å². The van der Waals surface area contributed by atoms with Gasteiger partial charge in [-0.15, -0.1) is 0 Å². The maximum absolute atomic E-state index is 13.5. The van der Waals surface area contributed by atoms with Crippen LogP contribution in [0.3, 0.4) is 0 Å². The lowest BCUT2D eigenvalue weighted by molar-refractivity contribution is 0.0387. The van der Waals surface area contributed by atoms with Gasteiger partial charge in [0.2, 0.25) is 10.0 Å². The van der Waals surface area contributed by atoms with Crippen molar-refractivity contribution in [2.24, 2.45) is 5.92 Å². The number of aliphatic hydroxyl groups is 1. The second kappa shape index (κ2) is 11.1. The molecule has 0 bridgehead atoms. The van der Waals surface area contributed by atoms with Gasteiger partial charge in [0.1, 0.15) is 11.9 Å². The molecule has 2 aromatic rings. The highest BCUT2D eigenvalue weighted by molar-refractivity contribution is 7.88. The number of nitrogens with one attached hydrogen (secondary N) is 2. The highest BCUT2D eigenvalue weighted by atomic mass is 32.2. The van der Waals surface area contributed by atoms with Crippen LogP contribution < -0.4 is 15.4 Å². The Morgan fingerprint density at radius 1 is 1.20 bits per heavy atom. The maximum atomic E-state index is 13.5. The molecule has 3 N–H and O–H groups in total. The Hall–Kier alpha value is -3.15. The highest BCUT2D eigenvalue weighted by Gasteiger charge is 2.34. The first kappa shape index (κ1) is 26.5. The third-order valence-corrected chi connectivity index (χ3v) is 7.24. The first-order valence-corrected chi connectivity index (χ1v) is 13.1. The maximum Gasteiger partial charge on any atom is 0.323 e. The zero-order valence-electron chi connectivity index (χ0n) is 20.3. The zero-order chi connectivity index (χ0) is 25.8. The van der Waals surface area contributed by atoms with Crippen molar-refractivity contribution in [1.29, 1.82) is 0 Å². The number of sulfonamides is 1. The Kier molecular flexibility index (Phi) is 8.36. The number of carbonyl (C=O) groups is 2. The molecule has 3 atom stereocenters. The molecule has 1 aliphatic heterocycles. The molecule has 0 saturated heterocycles. The number of amides is 3. The van der Waals surface area contributed by atoms with Crippen LogP contribution in [0.4, 0.5) is 16.2 Å². The minimum Gasteiger partial charge on any atom is -0.488 e. The molecule has 0 unspecified atom stereocenters. The molecule has 35 heavy (non-hydrogen) atoms. The third kappa shape index (κ3) is 6.71. The van der Waals surface area contributed by atoms with Crippen molar-refractivity contribution in [2.45, 2.75) is 26.0 Å². The summed E-state index contributed by atoms with van der Waals surface area (Å²) in [5.41, 5.74) is 1.20. The van der Waals surface area contributed by atoms with E-state index in [9.17, 15) is 23.1 Å². The van der Waals surface area contributed by atoms with E-state index in [-0.39, 0.29) is 42.8 Å². The molecule has 3 rings (SSSR count). The molecule has 11 heteroatoms. The number of anilines is 2. The minimum atomic E-state index is -3.44. The number of urea groups is 1. The summed E-state index contributed by atoms with van der Waals surface area (Å²) in [4.78, 5) is 27.4. The van der Waals surface area contributed by atoms with Crippen molar-refractivity contribution < 1.29 is 27.9 Å². The largest absolute Gasteiger partial charge is 0.488 e. The summed E-state index contributed by atoms with van der Waals surface area (Å²) in [6, 6.07) is 12.7. The van der Waals surface area contributed by atoms with Crippen LogP contribution in [-0.2, 0) is 10.0 Å². The Balaban J connectivity index is 1.91. The van der Waals surface area contributed by atoms with Crippen molar-refractivity contribution in [3.05, 3.63) is 54.1 Å². The highest BCUT2D eigenvalue weighted by Crippen LogP contribution is 2.31. The van der Waals surface area contributed by atoms with Crippen LogP contribution in [0, 0.1) is 5.92 Å². The molecular weight excluding hydrogens is 472 g/mol. The molecular formula is C24H32N4O6S. The number of para-hydroxylation sites is 1. The number of hydrogen-bond acceptors (Lipinski definition) is 6. The Morgan fingerprint density at radius 3 is 2.49 bits per heavy atom. The number of ether oxygens (including phenoxy) is 1. The van der Waals surface area contributed by atoms with E-state index in [2.05, 4.69) is 10.6 Å². The van der Waals surface area contributed by atoms with Gasteiger partial charge in [-0.25, -0.2) is 17.5 Å². The number of hydrogen-bond donors (Lipinski definition) is 3. The summed E-state index contributed by atoms with van der Waals surface area (Å²) < 4.78 is 31.3. The summed E-state index contributed by atoms with van der Waals surface area (Å²) in [7, 11) is -1.96. The van der Waals surface area contributed by atoms with Gasteiger partial charge in [0.05, 0.1) is 31.0 Å². The third-order valence-electron chi connectivity index (χ3n) is 5.96. The molecule has 1 heterocycles. The molecule has 0 radical (unpaired) electrons. The van der Waals surface area contributed by atoms with Gasteiger partial charge in [0.25, 0.3) is 5.91 Å². The smallest absolute Gasteiger partial charge is 0.323 e. The molecule has 0 saturated carbocycles. The molecule has 190 valence electrons. The average Bonchev–Trinajstić information content (AvgIpc) is 2.81. The van der Waals surface area contributed by atoms with Gasteiger partial charge in [-0.1, -0.05) is 25.1 Å². The average molecular weight is 505 g/mol. The van der Waals surface area contributed by atoms with Gasteiger partial charge in [-0.2, -0.15) is 0 Å². The molecule has 3 amide bonds. The fraction of sp³-hybridized carbons (Fsp3) is 0.417. The van der Waals surface area contributed by atoms with Gasteiger partial charge in [0.15, 0.2) is 0 Å². The Morgan fingerprint density at radius 2 is 1.86 bits per heavy atom. The van der Waals surface area contributed by atoms with E-state index in [1.165, 1.54) is 17.4 Å². The minimum absolute atomic E-state index is 0.0917. The van der Waals surface area contributed by atoms with E-state index in [4.69, 9.17) is 4.74 Å². The van der Waals surface area contributed by atoms with Gasteiger partial charge < -0.3 is 25.4 Å². The lowest BCUT2D eigenvalue weighted by Gasteiger charge is -2.38. The zero-order valence-corrected chi connectivity index (χ0v) is 21.1. The molecule has 0 fully saturated rings. The van der Waals surface area contributed by atoms with Crippen molar-refractivity contribution in [3.63, 3.8) is 0 Å². The predicted octanol–water partition coefficient (Wildman–Crippen LogP) is 2.44. The fourth-order valence-electron chi connectivity index (χ4n) is 3.72. The van der Waals surface area contributed by atoms with E-state index in [1.807, 2.05) is 13.0 Å². The molecule has 0 spiro atoms. The number of benzene rings is 2. The van der Waals surface area contributed by atoms with Crippen LogP contribution in [0.2, 0.25) is 0 Å². The van der Waals surface area contributed by atoms with Crippen LogP contribution in [0.5, 0.6) is 5.75 Å². The number of fused-ring (bicyclic) bond motifs is 1. The van der Waals surface area contributed by atoms with Gasteiger partial charge in [0, 0.05) is 30.9 Å². The molecule has 10 nitrogen and oxygen atoms in total. The van der Waals surface area contributed by atoms with Crippen LogP contribution >= 0.6 is 0 Å². The molecule has 1 aliphatic rings. The van der Waals surface area contributed by atoms with Crippen molar-refractivity contribution in [2.75, 3.05) is 43.6 Å². The van der Waals surface area contributed by atoms with Crippen LogP contribution in [-0.4, -0.2) is 79.8 Å². The normalized spacial score (nSPS) is 19.3. The quantitative estimate of drug-likeness (QED) is 0.531. The monoisotopic (exact) mass is 504 g/mol. The van der Waals surface area contributed by atoms with Crippen LogP contribution in [0.15, 0.2) is 48.5 Å². The second-order valence-corrected chi connectivity index (χ2v) is 10.9. The van der Waals surface area contributed by atoms with Gasteiger partial charge in [-0.3, -0.25) is 4.79 Å². The summed E-state index contributed by atoms with van der Waals surface area (Å²) in [6.45, 7) is 3.72. The Labute approximate surface area is 205 Å². The first-order valence-electron chi connectivity index (χ1n) is 11.3. The van der Waals surface area contributed by atoms with Crippen molar-refractivity contribution in [1.82, 2.24) is 9.21 Å². The number of carbonyl (C=O) groups excluding carboxylic acids is 2. The second-order valence-electron chi connectivity index (χ2n) is 8.82. The number of likely N-dealkylation sites (N-methyl/N-ethyl adjacent to an activating group) is 1. The lowest BCUT2D eigenvalue weighted by Crippen LogP contribution is -2.50. The van der Waals surface area contributed by atoms with Crippen LogP contribution in [0.1, 0.15) is 24.2 Å². The van der Waals surface area contributed by atoms with Crippen LogP contribution in [0.25, 0.3) is 0 Å². The first-order chi connectivity index (χ1) is 16.5. The van der Waals surface area contributed by atoms with Gasteiger partial charge >= 0.3 is 6.03 Å². The van der Waals surface area contributed by atoms with Gasteiger partial charge in [-0.05, 0) is 37.3 Å². The summed E-state index contributed by atoms with van der Waals surface area (Å²) in [6.07, 6.45) is 0.576. The fourth-order valence-corrected chi connectivity index (χ4v) is 4.14. The Bertz CT molecular complexity index is 1160. The summed E-state index contributed by atoms with van der Waals surface area (Å²) in [5, 5.41) is 15.2. The summed E-state index contributed by atoms with van der Waals surface area (Å²) >= 11 is 0. The number of nitrogens with zero attached hydrogens (tertiary/aromatic N) is 2. The topological polar surface area (TPSA) is 128 Å². The number of rotatable bonds is 7. The lowest BCUT2D eigenvalue weighted by atomic mass is 9.99.